The smallest absolute Gasteiger partial charge is 0.224 e. The number of carbonyl (C=O) groups excluding carboxylic acids is 1. The molecular formula is C24H21ClF2N4O2. The maximum atomic E-state index is 14.8. The Morgan fingerprint density at radius 2 is 1.82 bits per heavy atom. The highest BCUT2D eigenvalue weighted by Crippen LogP contribution is 2.30. The van der Waals surface area contributed by atoms with Crippen molar-refractivity contribution in [2.45, 2.75) is 32.4 Å². The first-order valence-corrected chi connectivity index (χ1v) is 10.6. The molecule has 33 heavy (non-hydrogen) atoms. The molecule has 6 nitrogen and oxygen atoms in total. The summed E-state index contributed by atoms with van der Waals surface area (Å²) in [4.78, 5) is 22.0. The number of para-hydroxylation sites is 1. The molecule has 0 saturated heterocycles. The average Bonchev–Trinajstić information content (AvgIpc) is 3.11. The van der Waals surface area contributed by atoms with Crippen LogP contribution in [0.15, 0.2) is 54.7 Å². The van der Waals surface area contributed by atoms with E-state index in [1.54, 1.807) is 39.0 Å². The zero-order chi connectivity index (χ0) is 23.9. The molecule has 0 aliphatic rings. The predicted octanol–water partition coefficient (Wildman–Crippen LogP) is 5.15. The number of carbonyl (C=O) groups is 1. The summed E-state index contributed by atoms with van der Waals surface area (Å²) in [6, 6.07) is 10.9. The summed E-state index contributed by atoms with van der Waals surface area (Å²) >= 11 is 6.21. The Kier molecular flexibility index (Phi) is 5.90. The fourth-order valence-corrected chi connectivity index (χ4v) is 3.53. The van der Waals surface area contributed by atoms with E-state index in [1.165, 1.54) is 24.4 Å². The molecule has 0 fully saturated rings. The van der Waals surface area contributed by atoms with E-state index in [-0.39, 0.29) is 27.9 Å². The van der Waals surface area contributed by atoms with Crippen molar-refractivity contribution in [1.82, 2.24) is 14.5 Å². The zero-order valence-electron chi connectivity index (χ0n) is 18.1. The first kappa shape index (κ1) is 22.8. The van der Waals surface area contributed by atoms with E-state index in [0.29, 0.717) is 5.39 Å². The molecule has 2 aromatic heterocycles. The van der Waals surface area contributed by atoms with Crippen LogP contribution in [-0.4, -0.2) is 37.1 Å². The molecule has 0 unspecified atom stereocenters. The molecule has 0 saturated carbocycles. The average molecular weight is 471 g/mol. The van der Waals surface area contributed by atoms with Crippen molar-refractivity contribution < 1.29 is 18.7 Å². The van der Waals surface area contributed by atoms with Crippen LogP contribution in [0.5, 0.6) is 0 Å². The normalized spacial score (nSPS) is 12.7. The summed E-state index contributed by atoms with van der Waals surface area (Å²) < 4.78 is 30.8. The highest BCUT2D eigenvalue weighted by molar-refractivity contribution is 6.35. The van der Waals surface area contributed by atoms with Crippen LogP contribution in [0, 0.1) is 11.6 Å². The number of aliphatic hydroxyl groups is 1. The summed E-state index contributed by atoms with van der Waals surface area (Å²) in [5.74, 6) is -2.12. The molecular weight excluding hydrogens is 450 g/mol. The highest BCUT2D eigenvalue weighted by atomic mass is 35.5. The number of hydrogen-bond acceptors (Lipinski definition) is 5. The van der Waals surface area contributed by atoms with Gasteiger partial charge in [-0.15, -0.1) is 0 Å². The zero-order valence-corrected chi connectivity index (χ0v) is 18.9. The fourth-order valence-electron chi connectivity index (χ4n) is 3.31. The van der Waals surface area contributed by atoms with Crippen LogP contribution in [0.25, 0.3) is 16.7 Å². The lowest BCUT2D eigenvalue weighted by atomic mass is 10.0. The molecule has 9 heteroatoms. The van der Waals surface area contributed by atoms with Crippen molar-refractivity contribution in [3.05, 3.63) is 82.6 Å². The number of ketones is 1. The Bertz CT molecular complexity index is 1340. The van der Waals surface area contributed by atoms with Crippen molar-refractivity contribution in [3.63, 3.8) is 0 Å². The van der Waals surface area contributed by atoms with E-state index >= 15 is 0 Å². The number of benzene rings is 2. The molecule has 0 aliphatic carbocycles. The van der Waals surface area contributed by atoms with Crippen LogP contribution in [0.3, 0.4) is 0 Å². The van der Waals surface area contributed by atoms with Crippen LogP contribution in [-0.2, 0) is 0 Å². The van der Waals surface area contributed by atoms with Gasteiger partial charge in [0.25, 0.3) is 0 Å². The van der Waals surface area contributed by atoms with Gasteiger partial charge in [0, 0.05) is 17.1 Å². The summed E-state index contributed by atoms with van der Waals surface area (Å²) in [6.45, 7) is 5.00. The first-order valence-electron chi connectivity index (χ1n) is 10.2. The van der Waals surface area contributed by atoms with Crippen LogP contribution in [0.4, 0.5) is 14.7 Å². The third-order valence-corrected chi connectivity index (χ3v) is 5.79. The summed E-state index contributed by atoms with van der Waals surface area (Å²) in [6.07, 6.45) is 1.44. The maximum Gasteiger partial charge on any atom is 0.224 e. The van der Waals surface area contributed by atoms with Gasteiger partial charge in [0.1, 0.15) is 17.3 Å². The fraction of sp³-hybridized carbons (Fsp3) is 0.208. The summed E-state index contributed by atoms with van der Waals surface area (Å²) in [7, 11) is 0. The lowest BCUT2D eigenvalue weighted by Crippen LogP contribution is -2.39. The molecule has 2 N–H and O–H groups in total. The molecule has 0 amide bonds. The van der Waals surface area contributed by atoms with Crippen LogP contribution >= 0.6 is 11.6 Å². The largest absolute Gasteiger partial charge is 0.388 e. The summed E-state index contributed by atoms with van der Waals surface area (Å²) in [5.41, 5.74) is -1.24. The number of aromatic nitrogens is 3. The lowest BCUT2D eigenvalue weighted by Gasteiger charge is -2.26. The van der Waals surface area contributed by atoms with Crippen LogP contribution in [0.1, 0.15) is 36.8 Å². The second kappa shape index (κ2) is 8.53. The van der Waals surface area contributed by atoms with Gasteiger partial charge in [0.2, 0.25) is 11.7 Å². The summed E-state index contributed by atoms with van der Waals surface area (Å²) in [5, 5.41) is 13.8. The number of fused-ring (bicyclic) bond motifs is 1. The van der Waals surface area contributed by atoms with Crippen molar-refractivity contribution >= 4 is 34.4 Å². The number of rotatable bonds is 6. The third-order valence-electron chi connectivity index (χ3n) is 5.46. The van der Waals surface area contributed by atoms with Gasteiger partial charge in [-0.1, -0.05) is 29.8 Å². The van der Waals surface area contributed by atoms with E-state index in [0.717, 1.165) is 16.7 Å². The molecule has 1 atom stereocenters. The van der Waals surface area contributed by atoms with Crippen LogP contribution in [0.2, 0.25) is 5.02 Å². The minimum absolute atomic E-state index is 0.0240. The molecule has 2 aromatic carbocycles. The molecule has 0 spiro atoms. The lowest BCUT2D eigenvalue weighted by molar-refractivity contribution is 0.0646. The van der Waals surface area contributed by atoms with Crippen molar-refractivity contribution in [2.24, 2.45) is 0 Å². The Labute approximate surface area is 193 Å². The molecule has 4 aromatic rings. The second-order valence-corrected chi connectivity index (χ2v) is 8.64. The SMILES string of the molecule is C[C@H](Nc1ncc2cc(C(=O)c3ccccc3Cl)n(-c3c(F)cccc3F)c2n1)C(C)(C)O. The van der Waals surface area contributed by atoms with Gasteiger partial charge in [-0.05, 0) is 51.1 Å². The minimum atomic E-state index is -1.08. The van der Waals surface area contributed by atoms with Gasteiger partial charge in [0.15, 0.2) is 5.65 Å². The van der Waals surface area contributed by atoms with E-state index in [9.17, 15) is 18.7 Å². The van der Waals surface area contributed by atoms with Crippen molar-refractivity contribution in [1.29, 1.82) is 0 Å². The quantitative estimate of drug-likeness (QED) is 0.381. The number of halogens is 3. The van der Waals surface area contributed by atoms with E-state index < -0.39 is 34.7 Å². The Balaban J connectivity index is 1.96. The minimum Gasteiger partial charge on any atom is -0.388 e. The van der Waals surface area contributed by atoms with E-state index in [4.69, 9.17) is 11.6 Å². The van der Waals surface area contributed by atoms with E-state index in [2.05, 4.69) is 15.3 Å². The Hall–Kier alpha value is -3.36. The number of nitrogens with one attached hydrogen (secondary N) is 1. The molecule has 4 rings (SSSR count). The van der Waals surface area contributed by atoms with Crippen molar-refractivity contribution in [3.8, 4) is 5.69 Å². The molecule has 0 aliphatic heterocycles. The van der Waals surface area contributed by atoms with E-state index in [1.807, 2.05) is 0 Å². The molecule has 0 radical (unpaired) electrons. The van der Waals surface area contributed by atoms with Crippen LogP contribution < -0.4 is 5.32 Å². The Morgan fingerprint density at radius 3 is 2.45 bits per heavy atom. The molecule has 2 heterocycles. The van der Waals surface area contributed by atoms with Gasteiger partial charge in [-0.25, -0.2) is 13.8 Å². The van der Waals surface area contributed by atoms with Crippen molar-refractivity contribution in [2.75, 3.05) is 5.32 Å². The first-order chi connectivity index (χ1) is 15.6. The van der Waals surface area contributed by atoms with Gasteiger partial charge in [-0.3, -0.25) is 9.36 Å². The van der Waals surface area contributed by atoms with Gasteiger partial charge in [-0.2, -0.15) is 4.98 Å². The monoisotopic (exact) mass is 470 g/mol. The number of hydrogen-bond donors (Lipinski definition) is 2. The Morgan fingerprint density at radius 1 is 1.15 bits per heavy atom. The maximum absolute atomic E-state index is 14.8. The number of anilines is 1. The molecule has 170 valence electrons. The topological polar surface area (TPSA) is 80.0 Å². The molecule has 0 bridgehead atoms. The van der Waals surface area contributed by atoms with Gasteiger partial charge < -0.3 is 10.4 Å². The number of nitrogens with zero attached hydrogens (tertiary/aromatic N) is 3. The van der Waals surface area contributed by atoms with Gasteiger partial charge in [0.05, 0.1) is 22.4 Å². The standard InChI is InChI=1S/C24H21ClF2N4O2/c1-13(24(2,3)33)29-23-28-12-14-11-19(21(32)15-7-4-5-8-16(15)25)31(22(14)30-23)20-17(26)9-6-10-18(20)27/h4-13,33H,1-3H3,(H,28,29,30)/t13-/m0/s1. The third kappa shape index (κ3) is 4.31. The highest BCUT2D eigenvalue weighted by Gasteiger charge is 2.26. The predicted molar refractivity (Wildman–Crippen MR) is 123 cm³/mol. The van der Waals surface area contributed by atoms with Gasteiger partial charge >= 0.3 is 0 Å². The second-order valence-electron chi connectivity index (χ2n) is 8.24.